The maximum Gasteiger partial charge on any atom is 0.262 e. The summed E-state index contributed by atoms with van der Waals surface area (Å²) in [4.78, 5) is 27.2. The quantitative estimate of drug-likeness (QED) is 0.635. The van der Waals surface area contributed by atoms with Gasteiger partial charge < -0.3 is 10.2 Å². The highest BCUT2D eigenvalue weighted by Gasteiger charge is 2.32. The first kappa shape index (κ1) is 25.1. The van der Waals surface area contributed by atoms with Gasteiger partial charge in [-0.3, -0.25) is 14.3 Å². The van der Waals surface area contributed by atoms with Gasteiger partial charge in [0.1, 0.15) is 0 Å². The second-order valence-corrected chi connectivity index (χ2v) is 11.5. The van der Waals surface area contributed by atoms with E-state index < -0.39 is 15.4 Å². The fraction of sp³-hybridized carbons (Fsp3) is 0.417. The Morgan fingerprint density at radius 1 is 1.00 bits per heavy atom. The van der Waals surface area contributed by atoms with E-state index in [1.165, 1.54) is 6.07 Å². The van der Waals surface area contributed by atoms with E-state index in [2.05, 4.69) is 10.0 Å². The second-order valence-electron chi connectivity index (χ2n) is 9.40. The zero-order chi connectivity index (χ0) is 24.4. The average molecular weight is 492 g/mol. The summed E-state index contributed by atoms with van der Waals surface area (Å²) >= 11 is 5.86. The lowest BCUT2D eigenvalue weighted by molar-refractivity contribution is -0.142. The molecule has 0 aromatic heterocycles. The molecular formula is C24H30ClN3O4S. The van der Waals surface area contributed by atoms with Crippen LogP contribution in [-0.2, 0) is 19.6 Å². The first-order chi connectivity index (χ1) is 15.4. The summed E-state index contributed by atoms with van der Waals surface area (Å²) in [6.45, 7) is 8.43. The Morgan fingerprint density at radius 3 is 2.15 bits per heavy atom. The largest absolute Gasteiger partial charge is 0.342 e. The van der Waals surface area contributed by atoms with Crippen LogP contribution in [-0.4, -0.2) is 38.2 Å². The summed E-state index contributed by atoms with van der Waals surface area (Å²) in [5, 5.41) is 3.35. The molecule has 1 aliphatic rings. The molecule has 0 atom stereocenters. The summed E-state index contributed by atoms with van der Waals surface area (Å²) in [6.07, 6.45) is 1.14. The standard InChI is InChI=1S/C24H30ClN3O4S/c1-16-5-8-20(15-21(16)33(31,32)27-19-9-6-18(25)7-10-19)26-22(29)17-11-13-28(14-12-17)23(30)24(2,3)4/h5-10,15,17,27H,11-14H2,1-4H3,(H,26,29). The first-order valence-corrected chi connectivity index (χ1v) is 12.7. The predicted octanol–water partition coefficient (Wildman–Crippen LogP) is 4.67. The van der Waals surface area contributed by atoms with Crippen LogP contribution >= 0.6 is 11.6 Å². The highest BCUT2D eigenvalue weighted by Crippen LogP contribution is 2.27. The summed E-state index contributed by atoms with van der Waals surface area (Å²) in [5.41, 5.74) is 0.919. The van der Waals surface area contributed by atoms with Crippen LogP contribution in [0.2, 0.25) is 5.02 Å². The molecule has 0 bridgehead atoms. The third kappa shape index (κ3) is 6.26. The van der Waals surface area contributed by atoms with Crippen LogP contribution < -0.4 is 10.0 Å². The van der Waals surface area contributed by atoms with Crippen LogP contribution in [0.25, 0.3) is 0 Å². The number of carbonyl (C=O) groups is 2. The van der Waals surface area contributed by atoms with Crippen molar-refractivity contribution < 1.29 is 18.0 Å². The van der Waals surface area contributed by atoms with Gasteiger partial charge in [0.05, 0.1) is 4.90 Å². The second kappa shape index (κ2) is 9.73. The van der Waals surface area contributed by atoms with Crippen LogP contribution in [0.4, 0.5) is 11.4 Å². The van der Waals surface area contributed by atoms with E-state index in [-0.39, 0.29) is 22.6 Å². The molecule has 2 aromatic carbocycles. The Kier molecular flexibility index (Phi) is 7.39. The van der Waals surface area contributed by atoms with Gasteiger partial charge in [-0.25, -0.2) is 8.42 Å². The fourth-order valence-electron chi connectivity index (χ4n) is 3.76. The lowest BCUT2D eigenvalue weighted by Crippen LogP contribution is -2.45. The maximum atomic E-state index is 12.9. The number of nitrogens with one attached hydrogen (secondary N) is 2. The van der Waals surface area contributed by atoms with Crippen LogP contribution in [0.5, 0.6) is 0 Å². The van der Waals surface area contributed by atoms with E-state index in [0.29, 0.717) is 47.9 Å². The van der Waals surface area contributed by atoms with E-state index in [1.54, 1.807) is 43.3 Å². The highest BCUT2D eigenvalue weighted by atomic mass is 35.5. The molecule has 33 heavy (non-hydrogen) atoms. The Balaban J connectivity index is 1.68. The van der Waals surface area contributed by atoms with Gasteiger partial charge in [-0.05, 0) is 61.7 Å². The number of rotatable bonds is 5. The molecule has 0 unspecified atom stereocenters. The molecule has 1 saturated heterocycles. The number of likely N-dealkylation sites (tertiary alicyclic amines) is 1. The average Bonchev–Trinajstić information content (AvgIpc) is 2.75. The number of benzene rings is 2. The smallest absolute Gasteiger partial charge is 0.262 e. The molecular weight excluding hydrogens is 462 g/mol. The van der Waals surface area contributed by atoms with Crippen molar-refractivity contribution in [3.05, 3.63) is 53.1 Å². The molecule has 2 N–H and O–H groups in total. The lowest BCUT2D eigenvalue weighted by atomic mass is 9.90. The first-order valence-electron chi connectivity index (χ1n) is 10.9. The number of amides is 2. The molecule has 2 aromatic rings. The van der Waals surface area contributed by atoms with Gasteiger partial charge in [-0.2, -0.15) is 0 Å². The Morgan fingerprint density at radius 2 is 1.58 bits per heavy atom. The number of aryl methyl sites for hydroxylation is 1. The predicted molar refractivity (Wildman–Crippen MR) is 131 cm³/mol. The Labute approximate surface area is 200 Å². The number of hydrogen-bond acceptors (Lipinski definition) is 4. The Hall–Kier alpha value is -2.58. The molecule has 2 amide bonds. The van der Waals surface area contributed by atoms with E-state index in [4.69, 9.17) is 11.6 Å². The highest BCUT2D eigenvalue weighted by molar-refractivity contribution is 7.92. The van der Waals surface area contributed by atoms with Gasteiger partial charge in [-0.15, -0.1) is 0 Å². The van der Waals surface area contributed by atoms with Gasteiger partial charge in [0, 0.05) is 40.8 Å². The number of sulfonamides is 1. The zero-order valence-corrected chi connectivity index (χ0v) is 20.9. The number of anilines is 2. The molecule has 0 radical (unpaired) electrons. The van der Waals surface area contributed by atoms with E-state index in [1.807, 2.05) is 25.7 Å². The van der Waals surface area contributed by atoms with E-state index in [9.17, 15) is 18.0 Å². The minimum Gasteiger partial charge on any atom is -0.342 e. The number of carbonyl (C=O) groups excluding carboxylic acids is 2. The molecule has 3 rings (SSSR count). The third-order valence-electron chi connectivity index (χ3n) is 5.64. The Bertz CT molecular complexity index is 1130. The summed E-state index contributed by atoms with van der Waals surface area (Å²) in [6, 6.07) is 11.2. The van der Waals surface area contributed by atoms with Crippen LogP contribution in [0.15, 0.2) is 47.4 Å². The minimum absolute atomic E-state index is 0.0841. The number of halogens is 1. The fourth-order valence-corrected chi connectivity index (χ4v) is 5.22. The summed E-state index contributed by atoms with van der Waals surface area (Å²) in [7, 11) is -3.86. The topological polar surface area (TPSA) is 95.6 Å². The molecule has 0 saturated carbocycles. The molecule has 0 spiro atoms. The van der Waals surface area contributed by atoms with Crippen molar-refractivity contribution in [3.8, 4) is 0 Å². The molecule has 178 valence electrons. The zero-order valence-electron chi connectivity index (χ0n) is 19.3. The van der Waals surface area contributed by atoms with Crippen molar-refractivity contribution in [1.29, 1.82) is 0 Å². The van der Waals surface area contributed by atoms with Gasteiger partial charge in [0.25, 0.3) is 10.0 Å². The molecule has 9 heteroatoms. The number of nitrogens with zero attached hydrogens (tertiary/aromatic N) is 1. The van der Waals surface area contributed by atoms with Crippen molar-refractivity contribution >= 4 is 44.8 Å². The molecule has 0 aliphatic carbocycles. The lowest BCUT2D eigenvalue weighted by Gasteiger charge is -2.35. The van der Waals surface area contributed by atoms with Crippen LogP contribution in [0.1, 0.15) is 39.2 Å². The third-order valence-corrected chi connectivity index (χ3v) is 7.41. The van der Waals surface area contributed by atoms with Gasteiger partial charge in [0.15, 0.2) is 0 Å². The number of piperidine rings is 1. The maximum absolute atomic E-state index is 12.9. The van der Waals surface area contributed by atoms with Crippen LogP contribution in [0, 0.1) is 18.3 Å². The molecule has 1 heterocycles. The van der Waals surface area contributed by atoms with E-state index >= 15 is 0 Å². The molecule has 1 aliphatic heterocycles. The van der Waals surface area contributed by atoms with Crippen molar-refractivity contribution in [1.82, 2.24) is 4.90 Å². The number of hydrogen-bond donors (Lipinski definition) is 2. The summed E-state index contributed by atoms with van der Waals surface area (Å²) < 4.78 is 28.4. The SMILES string of the molecule is Cc1ccc(NC(=O)C2CCN(C(=O)C(C)(C)C)CC2)cc1S(=O)(=O)Nc1ccc(Cl)cc1. The van der Waals surface area contributed by atoms with Crippen molar-refractivity contribution in [3.63, 3.8) is 0 Å². The van der Waals surface area contributed by atoms with Crippen molar-refractivity contribution in [2.75, 3.05) is 23.1 Å². The van der Waals surface area contributed by atoms with Gasteiger partial charge >= 0.3 is 0 Å². The molecule has 1 fully saturated rings. The monoisotopic (exact) mass is 491 g/mol. The van der Waals surface area contributed by atoms with Crippen molar-refractivity contribution in [2.45, 2.75) is 45.4 Å². The molecule has 7 nitrogen and oxygen atoms in total. The van der Waals surface area contributed by atoms with Gasteiger partial charge in [-0.1, -0.05) is 38.4 Å². The van der Waals surface area contributed by atoms with E-state index in [0.717, 1.165) is 0 Å². The summed E-state index contributed by atoms with van der Waals surface area (Å²) in [5.74, 6) is -0.318. The van der Waals surface area contributed by atoms with Crippen molar-refractivity contribution in [2.24, 2.45) is 11.3 Å². The van der Waals surface area contributed by atoms with Crippen LogP contribution in [0.3, 0.4) is 0 Å². The normalized spacial score (nSPS) is 15.2. The van der Waals surface area contributed by atoms with Gasteiger partial charge in [0.2, 0.25) is 11.8 Å². The minimum atomic E-state index is -3.86.